The van der Waals surface area contributed by atoms with E-state index in [1.807, 2.05) is 0 Å². The maximum absolute atomic E-state index is 12.8. The molecule has 2 aliphatic heterocycles. The molecule has 0 spiro atoms. The van der Waals surface area contributed by atoms with Crippen LogP contribution in [0.25, 0.3) is 0 Å². The Balaban J connectivity index is 1.96. The van der Waals surface area contributed by atoms with Crippen LogP contribution in [0.4, 0.5) is 0 Å². The molecule has 3 rings (SSSR count). The number of carbonyl (C=O) groups is 1. The molecule has 2 heterocycles. The third kappa shape index (κ3) is 2.66. The average Bonchev–Trinajstić information content (AvgIpc) is 2.89. The van der Waals surface area contributed by atoms with E-state index < -0.39 is 25.9 Å². The number of hydrogen-bond donors (Lipinski definition) is 1. The summed E-state index contributed by atoms with van der Waals surface area (Å²) in [4.78, 5) is 12.0. The van der Waals surface area contributed by atoms with E-state index >= 15 is 0 Å². The van der Waals surface area contributed by atoms with Crippen LogP contribution in [0.1, 0.15) is 19.8 Å². The van der Waals surface area contributed by atoms with E-state index in [-0.39, 0.29) is 27.5 Å². The summed E-state index contributed by atoms with van der Waals surface area (Å²) in [6, 6.07) is 4.29. The Bertz CT molecular complexity index is 830. The molecule has 1 N–H and O–H groups in total. The first-order valence-electron chi connectivity index (χ1n) is 7.41. The molecule has 1 amide bonds. The van der Waals surface area contributed by atoms with E-state index in [2.05, 4.69) is 5.32 Å². The largest absolute Gasteiger partial charge is 0.353 e. The third-order valence-electron chi connectivity index (χ3n) is 4.39. The highest BCUT2D eigenvalue weighted by atomic mass is 32.2. The van der Waals surface area contributed by atoms with Crippen LogP contribution in [0.3, 0.4) is 0 Å². The first-order valence-corrected chi connectivity index (χ1v) is 10.5. The summed E-state index contributed by atoms with van der Waals surface area (Å²) in [6.45, 7) is 1.85. The van der Waals surface area contributed by atoms with Gasteiger partial charge in [0.25, 0.3) is 0 Å². The van der Waals surface area contributed by atoms with Crippen molar-refractivity contribution in [1.29, 1.82) is 0 Å². The van der Waals surface area contributed by atoms with E-state index in [4.69, 9.17) is 0 Å². The van der Waals surface area contributed by atoms with Crippen LogP contribution in [0.5, 0.6) is 0 Å². The van der Waals surface area contributed by atoms with Crippen LogP contribution in [-0.4, -0.2) is 51.4 Å². The number of rotatable bonds is 4. The standard InChI is InChI=1S/C14H18N2O5S2/c1-2-22(18,19)11-4-6-12(7-5-11)23(20,21)16-10-3-8-13(16)14(17)15-9-10/h4-7,10,13H,2-3,8-9H2,1H3,(H,15,17). The summed E-state index contributed by atoms with van der Waals surface area (Å²) >= 11 is 0. The second kappa shape index (κ2) is 5.57. The van der Waals surface area contributed by atoms with Crippen molar-refractivity contribution < 1.29 is 21.6 Å². The molecule has 126 valence electrons. The number of hydrogen-bond acceptors (Lipinski definition) is 5. The normalized spacial score (nSPS) is 25.3. The maximum atomic E-state index is 12.8. The van der Waals surface area contributed by atoms with E-state index in [0.29, 0.717) is 19.4 Å². The molecule has 2 atom stereocenters. The molecule has 2 fully saturated rings. The van der Waals surface area contributed by atoms with Crippen LogP contribution in [-0.2, 0) is 24.7 Å². The van der Waals surface area contributed by atoms with Gasteiger partial charge in [-0.25, -0.2) is 16.8 Å². The van der Waals surface area contributed by atoms with Crippen molar-refractivity contribution >= 4 is 25.8 Å². The second-order valence-electron chi connectivity index (χ2n) is 5.70. The average molecular weight is 358 g/mol. The molecular weight excluding hydrogens is 340 g/mol. The molecule has 9 heteroatoms. The Hall–Kier alpha value is -1.45. The Labute approximate surface area is 135 Å². The molecule has 0 saturated carbocycles. The summed E-state index contributed by atoms with van der Waals surface area (Å²) in [7, 11) is -7.20. The highest BCUT2D eigenvalue weighted by Crippen LogP contribution is 2.33. The summed E-state index contributed by atoms with van der Waals surface area (Å²) in [5.41, 5.74) is 0. The van der Waals surface area contributed by atoms with E-state index in [0.717, 1.165) is 0 Å². The van der Waals surface area contributed by atoms with Gasteiger partial charge in [0.05, 0.1) is 15.5 Å². The molecule has 0 aromatic heterocycles. The number of sulfonamides is 1. The van der Waals surface area contributed by atoms with Gasteiger partial charge in [-0.15, -0.1) is 0 Å². The van der Waals surface area contributed by atoms with Gasteiger partial charge in [-0.05, 0) is 37.1 Å². The van der Waals surface area contributed by atoms with Crippen LogP contribution >= 0.6 is 0 Å². The van der Waals surface area contributed by atoms with Crippen molar-refractivity contribution in [2.45, 2.75) is 41.6 Å². The topological polar surface area (TPSA) is 101 Å². The number of nitrogens with one attached hydrogen (secondary N) is 1. The molecule has 2 saturated heterocycles. The van der Waals surface area contributed by atoms with Crippen LogP contribution < -0.4 is 5.32 Å². The van der Waals surface area contributed by atoms with Gasteiger partial charge in [-0.3, -0.25) is 4.79 Å². The van der Waals surface area contributed by atoms with Gasteiger partial charge < -0.3 is 5.32 Å². The molecule has 7 nitrogen and oxygen atoms in total. The molecule has 2 bridgehead atoms. The van der Waals surface area contributed by atoms with Crippen molar-refractivity contribution in [3.8, 4) is 0 Å². The summed E-state index contributed by atoms with van der Waals surface area (Å²) in [5, 5.41) is 2.71. The monoisotopic (exact) mass is 358 g/mol. The maximum Gasteiger partial charge on any atom is 0.244 e. The third-order valence-corrected chi connectivity index (χ3v) is 8.12. The number of carbonyl (C=O) groups excluding carboxylic acids is 1. The Morgan fingerprint density at radius 2 is 1.70 bits per heavy atom. The number of nitrogens with zero attached hydrogens (tertiary/aromatic N) is 1. The van der Waals surface area contributed by atoms with Crippen LogP contribution in [0, 0.1) is 0 Å². The zero-order chi connectivity index (χ0) is 16.8. The van der Waals surface area contributed by atoms with E-state index in [1.165, 1.54) is 35.5 Å². The summed E-state index contributed by atoms with van der Waals surface area (Å²) in [6.07, 6.45) is 1.16. The van der Waals surface area contributed by atoms with Gasteiger partial charge in [0.15, 0.2) is 9.84 Å². The number of fused-ring (bicyclic) bond motifs is 2. The van der Waals surface area contributed by atoms with Crippen LogP contribution in [0.15, 0.2) is 34.1 Å². The molecular formula is C14H18N2O5S2. The minimum atomic E-state index is -3.82. The smallest absolute Gasteiger partial charge is 0.244 e. The molecule has 0 aliphatic carbocycles. The molecule has 1 aromatic carbocycles. The summed E-state index contributed by atoms with van der Waals surface area (Å²) in [5.74, 6) is -0.317. The van der Waals surface area contributed by atoms with Gasteiger partial charge in [0.1, 0.15) is 6.04 Å². The van der Waals surface area contributed by atoms with E-state index in [9.17, 15) is 21.6 Å². The van der Waals surface area contributed by atoms with Crippen molar-refractivity contribution in [2.24, 2.45) is 0 Å². The fourth-order valence-corrected chi connectivity index (χ4v) is 5.82. The quantitative estimate of drug-likeness (QED) is 0.825. The minimum absolute atomic E-state index is 0.0131. The van der Waals surface area contributed by atoms with Crippen molar-refractivity contribution in [3.63, 3.8) is 0 Å². The first kappa shape index (κ1) is 16.4. The SMILES string of the molecule is CCS(=O)(=O)c1ccc(S(=O)(=O)N2C3CCC2C(=O)NC3)cc1. The van der Waals surface area contributed by atoms with Gasteiger partial charge in [-0.1, -0.05) is 6.92 Å². The fourth-order valence-electron chi connectivity index (χ4n) is 3.11. The number of sulfone groups is 1. The fraction of sp³-hybridized carbons (Fsp3) is 0.500. The van der Waals surface area contributed by atoms with Crippen LogP contribution in [0.2, 0.25) is 0 Å². The van der Waals surface area contributed by atoms with Gasteiger partial charge in [0, 0.05) is 12.6 Å². The molecule has 0 radical (unpaired) electrons. The number of piperazine rings is 1. The molecule has 23 heavy (non-hydrogen) atoms. The minimum Gasteiger partial charge on any atom is -0.353 e. The van der Waals surface area contributed by atoms with Gasteiger partial charge in [0.2, 0.25) is 15.9 Å². The Kier molecular flexibility index (Phi) is 3.97. The zero-order valence-corrected chi connectivity index (χ0v) is 14.2. The lowest BCUT2D eigenvalue weighted by atomic mass is 10.2. The van der Waals surface area contributed by atoms with Crippen molar-refractivity contribution in [1.82, 2.24) is 9.62 Å². The van der Waals surface area contributed by atoms with Crippen molar-refractivity contribution in [2.75, 3.05) is 12.3 Å². The first-order chi connectivity index (χ1) is 10.8. The molecule has 1 aromatic rings. The summed E-state index contributed by atoms with van der Waals surface area (Å²) < 4.78 is 50.5. The Morgan fingerprint density at radius 1 is 1.09 bits per heavy atom. The number of benzene rings is 1. The lowest BCUT2D eigenvalue weighted by Crippen LogP contribution is -2.57. The highest BCUT2D eigenvalue weighted by molar-refractivity contribution is 7.91. The van der Waals surface area contributed by atoms with Gasteiger partial charge >= 0.3 is 0 Å². The predicted octanol–water partition coefficient (Wildman–Crippen LogP) is 0.132. The zero-order valence-electron chi connectivity index (χ0n) is 12.6. The highest BCUT2D eigenvalue weighted by Gasteiger charge is 2.48. The van der Waals surface area contributed by atoms with Crippen molar-refractivity contribution in [3.05, 3.63) is 24.3 Å². The molecule has 2 aliphatic rings. The second-order valence-corrected chi connectivity index (χ2v) is 9.82. The Morgan fingerprint density at radius 3 is 2.30 bits per heavy atom. The molecule has 2 unspecified atom stereocenters. The van der Waals surface area contributed by atoms with Gasteiger partial charge in [-0.2, -0.15) is 4.31 Å². The lowest BCUT2D eigenvalue weighted by Gasteiger charge is -2.33. The number of amides is 1. The van der Waals surface area contributed by atoms with E-state index in [1.54, 1.807) is 0 Å². The predicted molar refractivity (Wildman–Crippen MR) is 83.0 cm³/mol. The lowest BCUT2D eigenvalue weighted by molar-refractivity contribution is -0.126.